The fraction of sp³-hybridized carbons (Fsp3) is 0.436. The first kappa shape index (κ1) is 42.2. The molecule has 11 heteroatoms. The summed E-state index contributed by atoms with van der Waals surface area (Å²) in [4.78, 5) is 44.1. The number of rotatable bonds is 13. The Morgan fingerprint density at radius 3 is 2.16 bits per heavy atom. The topological polar surface area (TPSA) is 162 Å². The first-order valence-corrected chi connectivity index (χ1v) is 17.2. The average Bonchev–Trinajstić information content (AvgIpc) is 3.51. The van der Waals surface area contributed by atoms with E-state index in [2.05, 4.69) is 62.2 Å². The summed E-state index contributed by atoms with van der Waals surface area (Å²) >= 11 is 6.07. The summed E-state index contributed by atoms with van der Waals surface area (Å²) in [6, 6.07) is 19.1. The zero-order valence-electron chi connectivity index (χ0n) is 28.9. The highest BCUT2D eigenvalue weighted by Crippen LogP contribution is 2.34. The zero-order chi connectivity index (χ0) is 37.1. The summed E-state index contributed by atoms with van der Waals surface area (Å²) in [7, 11) is 2.22. The lowest BCUT2D eigenvalue weighted by Gasteiger charge is -2.32. The van der Waals surface area contributed by atoms with Crippen LogP contribution in [-0.2, 0) is 29.5 Å². The lowest BCUT2D eigenvalue weighted by Crippen LogP contribution is -2.47. The van der Waals surface area contributed by atoms with Crippen molar-refractivity contribution >= 4 is 35.6 Å². The molecule has 0 radical (unpaired) electrons. The molecule has 4 N–H and O–H groups in total. The molecule has 1 heterocycles. The third kappa shape index (κ3) is 13.8. The summed E-state index contributed by atoms with van der Waals surface area (Å²) in [6.07, 6.45) is 12.5. The fourth-order valence-electron chi connectivity index (χ4n) is 5.81. The number of benzene rings is 2. The summed E-state index contributed by atoms with van der Waals surface area (Å²) in [6.45, 7) is 6.19. The summed E-state index contributed by atoms with van der Waals surface area (Å²) in [5.74, 6) is -4.28. The molecule has 1 aliphatic heterocycles. The Balaban J connectivity index is 0.000000294. The molecule has 6 unspecified atom stereocenters. The van der Waals surface area contributed by atoms with Crippen molar-refractivity contribution < 1.29 is 44.3 Å². The molecule has 2 aliphatic rings. The van der Waals surface area contributed by atoms with Gasteiger partial charge < -0.3 is 34.9 Å². The van der Waals surface area contributed by atoms with Crippen LogP contribution >= 0.6 is 11.6 Å². The molecular weight excluding hydrogens is 662 g/mol. The third-order valence-electron chi connectivity index (χ3n) is 8.77. The number of Topliss-reactive ketones (excluding diaryl/α,β-unsaturated/α-hetero) is 1. The minimum Gasteiger partial charge on any atom is -0.478 e. The smallest absolute Gasteiger partial charge is 0.328 e. The quantitative estimate of drug-likeness (QED) is 0.0860. The normalized spacial score (nSPS) is 23.6. The summed E-state index contributed by atoms with van der Waals surface area (Å²) in [5, 5.41) is 35.3. The molecule has 4 rings (SSSR count). The number of ketones is 1. The molecule has 272 valence electrons. The number of carboxylic acid groups (broad SMARTS) is 2. The largest absolute Gasteiger partial charge is 0.478 e. The second kappa shape index (κ2) is 22.0. The molecular formula is C39H50ClNO9. The van der Waals surface area contributed by atoms with Crippen LogP contribution in [0.3, 0.4) is 0 Å². The first-order chi connectivity index (χ1) is 23.8. The number of carboxylic acids is 2. The predicted molar refractivity (Wildman–Crippen MR) is 193 cm³/mol. The van der Waals surface area contributed by atoms with Crippen molar-refractivity contribution in [3.63, 3.8) is 0 Å². The number of aldehydes is 1. The molecule has 50 heavy (non-hydrogen) atoms. The number of aliphatic carboxylic acids is 2. The molecule has 0 amide bonds. The van der Waals surface area contributed by atoms with Crippen LogP contribution in [0.1, 0.15) is 63.5 Å². The Labute approximate surface area is 299 Å². The number of likely N-dealkylation sites (tertiary alicyclic amines) is 1. The number of nitrogens with zero attached hydrogens (tertiary/aromatic N) is 1. The number of hydrogen-bond acceptors (Lipinski definition) is 8. The highest BCUT2D eigenvalue weighted by Gasteiger charge is 2.41. The number of allylic oxidation sites excluding steroid dienone is 4. The van der Waals surface area contributed by atoms with Crippen LogP contribution in [0.4, 0.5) is 0 Å². The molecule has 2 fully saturated rings. The monoisotopic (exact) mass is 711 g/mol. The summed E-state index contributed by atoms with van der Waals surface area (Å²) < 4.78 is 6.48. The van der Waals surface area contributed by atoms with E-state index in [-0.39, 0.29) is 12.3 Å². The van der Waals surface area contributed by atoms with Gasteiger partial charge in [0.05, 0.1) is 12.0 Å². The van der Waals surface area contributed by atoms with Gasteiger partial charge in [-0.15, -0.1) is 0 Å². The standard InChI is InChI=1S/C21H26ClNO.C14H20O4.C4H4O4/c1-21(17-7-4-3-5-8-17,18-10-12-19(22)13-11-18)24-16-14-20-9-6-15-23(20)2;1-2-3-4-5-6-7-10-8-12(16)14(18)13(17)11(10)9-15;5-3(6)1-2-4(7)8/h3-5,7-8,10-13,20H,6,9,14-16H2,1-2H3;4-7,9-12,14,16,18H,2-3,8H2,1H3;1-2H,(H,5,6)(H,7,8). The molecule has 0 spiro atoms. The Bertz CT molecular complexity index is 1430. The maximum absolute atomic E-state index is 11.6. The Kier molecular flexibility index (Phi) is 18.6. The van der Waals surface area contributed by atoms with Gasteiger partial charge >= 0.3 is 11.9 Å². The van der Waals surface area contributed by atoms with Gasteiger partial charge in [-0.25, -0.2) is 9.59 Å². The van der Waals surface area contributed by atoms with Crippen molar-refractivity contribution in [2.75, 3.05) is 20.2 Å². The number of unbranched alkanes of at least 4 members (excludes halogenated alkanes) is 1. The van der Waals surface area contributed by atoms with Crippen LogP contribution < -0.4 is 0 Å². The SMILES string of the molecule is CCCC=CC=CC1CC(O)C(O)C(=O)C1C=O.CN1CCCC1CCOC(C)(c1ccccc1)c1ccc(Cl)cc1.O=C(O)C=CC(=O)O. The van der Waals surface area contributed by atoms with Gasteiger partial charge in [0.2, 0.25) is 0 Å². The molecule has 0 bridgehead atoms. The second-order valence-electron chi connectivity index (χ2n) is 12.4. The van der Waals surface area contributed by atoms with Crippen LogP contribution in [0.5, 0.6) is 0 Å². The Morgan fingerprint density at radius 2 is 1.62 bits per heavy atom. The number of carbonyl (C=O) groups excluding carboxylic acids is 2. The maximum Gasteiger partial charge on any atom is 0.328 e. The lowest BCUT2D eigenvalue weighted by molar-refractivity contribution is -0.146. The molecule has 2 aromatic rings. The summed E-state index contributed by atoms with van der Waals surface area (Å²) in [5.41, 5.74) is 1.85. The number of halogens is 1. The van der Waals surface area contributed by atoms with Gasteiger partial charge in [-0.1, -0.05) is 91.7 Å². The predicted octanol–water partition coefficient (Wildman–Crippen LogP) is 5.84. The van der Waals surface area contributed by atoms with Gasteiger partial charge in [0, 0.05) is 29.8 Å². The van der Waals surface area contributed by atoms with Crippen molar-refractivity contribution in [2.45, 2.75) is 76.2 Å². The van der Waals surface area contributed by atoms with E-state index in [9.17, 15) is 29.4 Å². The van der Waals surface area contributed by atoms with Crippen molar-refractivity contribution in [1.29, 1.82) is 0 Å². The number of aliphatic hydroxyl groups excluding tert-OH is 2. The van der Waals surface area contributed by atoms with E-state index < -0.39 is 41.4 Å². The fourth-order valence-corrected chi connectivity index (χ4v) is 5.94. The van der Waals surface area contributed by atoms with Crippen LogP contribution in [0.15, 0.2) is 91.1 Å². The van der Waals surface area contributed by atoms with E-state index in [1.807, 2.05) is 30.4 Å². The number of ether oxygens (including phenoxy) is 1. The minimum atomic E-state index is -1.43. The van der Waals surface area contributed by atoms with Crippen LogP contribution in [0.25, 0.3) is 0 Å². The number of carbonyl (C=O) groups is 4. The van der Waals surface area contributed by atoms with Gasteiger partial charge in [-0.3, -0.25) is 4.79 Å². The van der Waals surface area contributed by atoms with E-state index >= 15 is 0 Å². The van der Waals surface area contributed by atoms with Crippen LogP contribution in [0.2, 0.25) is 5.02 Å². The van der Waals surface area contributed by atoms with Gasteiger partial charge in [0.15, 0.2) is 5.78 Å². The van der Waals surface area contributed by atoms with Crippen molar-refractivity contribution in [3.05, 3.63) is 107 Å². The molecule has 6 atom stereocenters. The molecule has 10 nitrogen and oxygen atoms in total. The Hall–Kier alpha value is -3.93. The molecule has 1 saturated heterocycles. The van der Waals surface area contributed by atoms with Gasteiger partial charge in [-0.05, 0) is 81.8 Å². The van der Waals surface area contributed by atoms with Crippen LogP contribution in [0, 0.1) is 11.8 Å². The third-order valence-corrected chi connectivity index (χ3v) is 9.02. The average molecular weight is 712 g/mol. The maximum atomic E-state index is 11.6. The van der Waals surface area contributed by atoms with E-state index in [1.165, 1.54) is 24.9 Å². The van der Waals surface area contributed by atoms with E-state index in [0.29, 0.717) is 24.5 Å². The number of aliphatic hydroxyl groups is 2. The zero-order valence-corrected chi connectivity index (χ0v) is 29.7. The van der Waals surface area contributed by atoms with E-state index in [4.69, 9.17) is 26.6 Å². The lowest BCUT2D eigenvalue weighted by atomic mass is 9.76. The van der Waals surface area contributed by atoms with E-state index in [0.717, 1.165) is 36.5 Å². The van der Waals surface area contributed by atoms with Gasteiger partial charge in [-0.2, -0.15) is 0 Å². The second-order valence-corrected chi connectivity index (χ2v) is 12.8. The molecule has 1 saturated carbocycles. The molecule has 1 aliphatic carbocycles. The first-order valence-electron chi connectivity index (χ1n) is 16.8. The van der Waals surface area contributed by atoms with Gasteiger partial charge in [0.25, 0.3) is 0 Å². The van der Waals surface area contributed by atoms with Crippen molar-refractivity contribution in [1.82, 2.24) is 4.90 Å². The van der Waals surface area contributed by atoms with Crippen molar-refractivity contribution in [2.24, 2.45) is 11.8 Å². The highest BCUT2D eigenvalue weighted by atomic mass is 35.5. The van der Waals surface area contributed by atoms with Crippen molar-refractivity contribution in [3.8, 4) is 0 Å². The Morgan fingerprint density at radius 1 is 1.00 bits per heavy atom. The highest BCUT2D eigenvalue weighted by molar-refractivity contribution is 6.30. The van der Waals surface area contributed by atoms with E-state index in [1.54, 1.807) is 12.2 Å². The number of hydrogen-bond donors (Lipinski definition) is 4. The molecule has 0 aromatic heterocycles. The molecule has 2 aromatic carbocycles. The van der Waals surface area contributed by atoms with Crippen LogP contribution in [-0.4, -0.2) is 87.8 Å². The van der Waals surface area contributed by atoms with Gasteiger partial charge in [0.1, 0.15) is 18.0 Å². The minimum absolute atomic E-state index is 0.231.